The SMILES string of the molecule is CSc1cccc(N2C(=O)/C(=C\c3cc(C)n(-c4ccccc4)c3C)SC2=S)c1. The number of benzene rings is 2. The Labute approximate surface area is 184 Å². The highest BCUT2D eigenvalue weighted by atomic mass is 32.2. The van der Waals surface area contributed by atoms with Crippen LogP contribution in [0.3, 0.4) is 0 Å². The summed E-state index contributed by atoms with van der Waals surface area (Å²) in [6, 6.07) is 20.3. The molecule has 0 bridgehead atoms. The van der Waals surface area contributed by atoms with Gasteiger partial charge in [-0.05, 0) is 68.1 Å². The van der Waals surface area contributed by atoms with Gasteiger partial charge in [-0.15, -0.1) is 11.8 Å². The third-order valence-electron chi connectivity index (χ3n) is 4.88. The number of thiocarbonyl (C=S) groups is 1. The Morgan fingerprint density at radius 1 is 1.00 bits per heavy atom. The van der Waals surface area contributed by atoms with Crippen LogP contribution in [0, 0.1) is 13.8 Å². The van der Waals surface area contributed by atoms with Crippen molar-refractivity contribution >= 4 is 57.7 Å². The number of anilines is 1. The van der Waals surface area contributed by atoms with Gasteiger partial charge in [0.1, 0.15) is 0 Å². The van der Waals surface area contributed by atoms with Crippen molar-refractivity contribution in [1.29, 1.82) is 0 Å². The Bertz CT molecular complexity index is 1130. The lowest BCUT2D eigenvalue weighted by Gasteiger charge is -2.15. The van der Waals surface area contributed by atoms with Crippen LogP contribution < -0.4 is 4.90 Å². The predicted molar refractivity (Wildman–Crippen MR) is 129 cm³/mol. The molecule has 1 amide bonds. The molecule has 4 rings (SSSR count). The normalized spacial score (nSPS) is 15.6. The number of aromatic nitrogens is 1. The van der Waals surface area contributed by atoms with Crippen LogP contribution in [0.2, 0.25) is 0 Å². The summed E-state index contributed by atoms with van der Waals surface area (Å²) < 4.78 is 2.77. The Morgan fingerprint density at radius 2 is 1.72 bits per heavy atom. The number of aryl methyl sites for hydroxylation is 1. The summed E-state index contributed by atoms with van der Waals surface area (Å²) in [6.45, 7) is 4.16. The maximum atomic E-state index is 13.1. The molecule has 0 N–H and O–H groups in total. The van der Waals surface area contributed by atoms with Gasteiger partial charge in [0.2, 0.25) is 0 Å². The first-order valence-corrected chi connectivity index (χ1v) is 11.6. The first-order valence-electron chi connectivity index (χ1n) is 9.16. The Kier molecular flexibility index (Phi) is 5.67. The third-order valence-corrected chi connectivity index (χ3v) is 6.90. The lowest BCUT2D eigenvalue weighted by molar-refractivity contribution is -0.113. The van der Waals surface area contributed by atoms with Gasteiger partial charge in [-0.3, -0.25) is 9.69 Å². The zero-order chi connectivity index (χ0) is 20.5. The van der Waals surface area contributed by atoms with Crippen LogP contribution in [0.15, 0.2) is 70.5 Å². The molecule has 2 heterocycles. The number of carbonyl (C=O) groups is 1. The van der Waals surface area contributed by atoms with Crippen molar-refractivity contribution in [1.82, 2.24) is 4.57 Å². The molecule has 0 atom stereocenters. The summed E-state index contributed by atoms with van der Waals surface area (Å²) in [5, 5.41) is 0. The summed E-state index contributed by atoms with van der Waals surface area (Å²) in [5.41, 5.74) is 5.19. The van der Waals surface area contributed by atoms with E-state index in [0.717, 1.165) is 33.2 Å². The molecule has 146 valence electrons. The molecular weight excluding hydrogens is 416 g/mol. The summed E-state index contributed by atoms with van der Waals surface area (Å²) in [7, 11) is 0. The van der Waals surface area contributed by atoms with Crippen LogP contribution in [0.4, 0.5) is 5.69 Å². The molecule has 1 fully saturated rings. The minimum atomic E-state index is -0.0669. The zero-order valence-corrected chi connectivity index (χ0v) is 18.8. The lowest BCUT2D eigenvalue weighted by Crippen LogP contribution is -2.27. The molecule has 1 saturated heterocycles. The fourth-order valence-corrected chi connectivity index (χ4v) is 5.23. The van der Waals surface area contributed by atoms with Gasteiger partial charge >= 0.3 is 0 Å². The first kappa shape index (κ1) is 20.0. The Morgan fingerprint density at radius 3 is 2.45 bits per heavy atom. The second-order valence-electron chi connectivity index (χ2n) is 6.72. The molecule has 1 aliphatic rings. The van der Waals surface area contributed by atoms with Gasteiger partial charge in [-0.1, -0.05) is 48.2 Å². The maximum Gasteiger partial charge on any atom is 0.270 e. The van der Waals surface area contributed by atoms with Gasteiger partial charge in [0, 0.05) is 22.0 Å². The summed E-state index contributed by atoms with van der Waals surface area (Å²) in [5.74, 6) is -0.0669. The average Bonchev–Trinajstić information content (AvgIpc) is 3.17. The highest BCUT2D eigenvalue weighted by Gasteiger charge is 2.33. The average molecular weight is 437 g/mol. The van der Waals surface area contributed by atoms with Crippen LogP contribution in [-0.4, -0.2) is 21.1 Å². The smallest absolute Gasteiger partial charge is 0.270 e. The number of thioether (sulfide) groups is 2. The number of hydrogen-bond donors (Lipinski definition) is 0. The number of amides is 1. The lowest BCUT2D eigenvalue weighted by atomic mass is 10.2. The molecule has 1 aliphatic heterocycles. The van der Waals surface area contributed by atoms with E-state index in [1.807, 2.05) is 54.8 Å². The summed E-state index contributed by atoms with van der Waals surface area (Å²) in [6.07, 6.45) is 3.98. The van der Waals surface area contributed by atoms with E-state index < -0.39 is 0 Å². The molecule has 2 aromatic carbocycles. The van der Waals surface area contributed by atoms with Crippen molar-refractivity contribution in [2.75, 3.05) is 11.2 Å². The standard InChI is InChI=1S/C23H20N2OS3/c1-15-12-17(16(2)24(15)18-8-5-4-6-9-18)13-21-22(26)25(23(27)29-21)19-10-7-11-20(14-19)28-3/h4-14H,1-3H3/b21-13+. The monoisotopic (exact) mass is 436 g/mol. The summed E-state index contributed by atoms with van der Waals surface area (Å²) >= 11 is 8.53. The van der Waals surface area contributed by atoms with E-state index >= 15 is 0 Å². The van der Waals surface area contributed by atoms with Crippen LogP contribution in [0.1, 0.15) is 17.0 Å². The first-order chi connectivity index (χ1) is 14.0. The largest absolute Gasteiger partial charge is 0.318 e. The van der Waals surface area contributed by atoms with E-state index in [9.17, 15) is 4.79 Å². The zero-order valence-electron chi connectivity index (χ0n) is 16.4. The third kappa shape index (κ3) is 3.80. The molecule has 6 heteroatoms. The molecular formula is C23H20N2OS3. The molecule has 0 saturated carbocycles. The summed E-state index contributed by atoms with van der Waals surface area (Å²) in [4.78, 5) is 16.5. The van der Waals surface area contributed by atoms with E-state index in [0.29, 0.717) is 9.23 Å². The molecule has 0 unspecified atom stereocenters. The maximum absolute atomic E-state index is 13.1. The molecule has 0 radical (unpaired) electrons. The molecule has 0 spiro atoms. The van der Waals surface area contributed by atoms with E-state index in [1.54, 1.807) is 16.7 Å². The van der Waals surface area contributed by atoms with Gasteiger partial charge in [-0.25, -0.2) is 0 Å². The van der Waals surface area contributed by atoms with Gasteiger partial charge in [0.15, 0.2) is 4.32 Å². The van der Waals surface area contributed by atoms with Gasteiger partial charge in [0.05, 0.1) is 10.6 Å². The van der Waals surface area contributed by atoms with Crippen LogP contribution in [0.25, 0.3) is 11.8 Å². The van der Waals surface area contributed by atoms with Gasteiger partial charge < -0.3 is 4.57 Å². The Balaban J connectivity index is 1.69. The molecule has 29 heavy (non-hydrogen) atoms. The molecule has 3 aromatic rings. The number of nitrogens with zero attached hydrogens (tertiary/aromatic N) is 2. The van der Waals surface area contributed by atoms with Gasteiger partial charge in [-0.2, -0.15) is 0 Å². The Hall–Kier alpha value is -2.28. The second-order valence-corrected chi connectivity index (χ2v) is 9.27. The fourth-order valence-electron chi connectivity index (χ4n) is 3.49. The van der Waals surface area contributed by atoms with Crippen LogP contribution in [0.5, 0.6) is 0 Å². The van der Waals surface area contributed by atoms with Crippen LogP contribution >= 0.6 is 35.7 Å². The predicted octanol–water partition coefficient (Wildman–Crippen LogP) is 6.22. The highest BCUT2D eigenvalue weighted by Crippen LogP contribution is 2.37. The second kappa shape index (κ2) is 8.22. The van der Waals surface area contributed by atoms with Crippen molar-refractivity contribution in [3.05, 3.63) is 82.5 Å². The van der Waals surface area contributed by atoms with E-state index in [1.165, 1.54) is 11.8 Å². The fraction of sp³-hybridized carbons (Fsp3) is 0.130. The van der Waals surface area contributed by atoms with Crippen molar-refractivity contribution in [2.45, 2.75) is 18.7 Å². The molecule has 0 aliphatic carbocycles. The van der Waals surface area contributed by atoms with Crippen molar-refractivity contribution < 1.29 is 4.79 Å². The number of hydrogen-bond acceptors (Lipinski definition) is 4. The van der Waals surface area contributed by atoms with Crippen molar-refractivity contribution in [2.24, 2.45) is 0 Å². The minimum absolute atomic E-state index is 0.0669. The molecule has 3 nitrogen and oxygen atoms in total. The van der Waals surface area contributed by atoms with E-state index in [4.69, 9.17) is 12.2 Å². The van der Waals surface area contributed by atoms with Gasteiger partial charge in [0.25, 0.3) is 5.91 Å². The highest BCUT2D eigenvalue weighted by molar-refractivity contribution is 8.27. The number of carbonyl (C=O) groups excluding carboxylic acids is 1. The number of rotatable bonds is 4. The topological polar surface area (TPSA) is 25.2 Å². The quantitative estimate of drug-likeness (QED) is 0.275. The van der Waals surface area contributed by atoms with Crippen molar-refractivity contribution in [3.63, 3.8) is 0 Å². The van der Waals surface area contributed by atoms with Crippen LogP contribution in [-0.2, 0) is 4.79 Å². The van der Waals surface area contributed by atoms with E-state index in [-0.39, 0.29) is 5.91 Å². The molecule has 1 aromatic heterocycles. The minimum Gasteiger partial charge on any atom is -0.318 e. The van der Waals surface area contributed by atoms with Crippen molar-refractivity contribution in [3.8, 4) is 5.69 Å². The van der Waals surface area contributed by atoms with E-state index in [2.05, 4.69) is 36.6 Å². The number of para-hydroxylation sites is 1.